The number of benzene rings is 1. The molecule has 0 bridgehead atoms. The molecule has 2 N–H and O–H groups in total. The standard InChI is InChI=1S/C18H29N3O4S2/c1-2-20-12-14-21(15-13-20)27(24,25)18-10-8-17(9-11-18)26(22,23)19-16-6-4-3-5-7-16/h8-11,16,19H,2-7,12-15H2,1H3/p+1. The first-order valence-corrected chi connectivity index (χ1v) is 12.7. The maximum atomic E-state index is 12.8. The summed E-state index contributed by atoms with van der Waals surface area (Å²) in [6.07, 6.45) is 4.95. The zero-order chi connectivity index (χ0) is 19.5. The molecule has 0 unspecified atom stereocenters. The molecule has 0 aromatic heterocycles. The third-order valence-electron chi connectivity index (χ3n) is 5.63. The molecular formula is C18H30N3O4S2+. The Kier molecular flexibility index (Phi) is 6.58. The summed E-state index contributed by atoms with van der Waals surface area (Å²) < 4.78 is 55.0. The fourth-order valence-corrected chi connectivity index (χ4v) is 6.59. The largest absolute Gasteiger partial charge is 0.333 e. The molecule has 152 valence electrons. The second kappa shape index (κ2) is 8.57. The van der Waals surface area contributed by atoms with Gasteiger partial charge in [0.05, 0.1) is 42.5 Å². The van der Waals surface area contributed by atoms with Crippen LogP contribution in [-0.4, -0.2) is 59.9 Å². The van der Waals surface area contributed by atoms with Crippen molar-refractivity contribution in [3.63, 3.8) is 0 Å². The number of hydrogen-bond donors (Lipinski definition) is 2. The molecule has 2 aliphatic rings. The first kappa shape index (κ1) is 20.7. The number of rotatable bonds is 6. The molecule has 1 aliphatic heterocycles. The maximum Gasteiger partial charge on any atom is 0.243 e. The third kappa shape index (κ3) is 4.89. The minimum absolute atomic E-state index is 0.0236. The van der Waals surface area contributed by atoms with E-state index in [1.54, 1.807) is 0 Å². The highest BCUT2D eigenvalue weighted by atomic mass is 32.2. The normalized spacial score (nSPS) is 21.4. The molecule has 0 amide bonds. The Bertz CT molecular complexity index is 824. The molecule has 1 saturated carbocycles. The predicted octanol–water partition coefficient (Wildman–Crippen LogP) is 0.207. The number of nitrogens with zero attached hydrogens (tertiary/aromatic N) is 1. The molecule has 27 heavy (non-hydrogen) atoms. The van der Waals surface area contributed by atoms with Crippen LogP contribution in [0.25, 0.3) is 0 Å². The van der Waals surface area contributed by atoms with E-state index in [2.05, 4.69) is 11.6 Å². The van der Waals surface area contributed by atoms with Gasteiger partial charge in [0, 0.05) is 6.04 Å². The summed E-state index contributed by atoms with van der Waals surface area (Å²) in [5.41, 5.74) is 0. The lowest BCUT2D eigenvalue weighted by molar-refractivity contribution is -0.901. The zero-order valence-electron chi connectivity index (χ0n) is 15.9. The molecular weight excluding hydrogens is 386 g/mol. The minimum Gasteiger partial charge on any atom is -0.333 e. The van der Waals surface area contributed by atoms with E-state index in [1.165, 1.54) is 33.5 Å². The topological polar surface area (TPSA) is 88.0 Å². The van der Waals surface area contributed by atoms with E-state index >= 15 is 0 Å². The van der Waals surface area contributed by atoms with E-state index in [4.69, 9.17) is 0 Å². The molecule has 2 fully saturated rings. The Hall–Kier alpha value is -1.00. The van der Waals surface area contributed by atoms with Gasteiger partial charge in [0.25, 0.3) is 0 Å². The van der Waals surface area contributed by atoms with Crippen molar-refractivity contribution in [2.75, 3.05) is 32.7 Å². The second-order valence-corrected chi connectivity index (χ2v) is 11.1. The second-order valence-electron chi connectivity index (χ2n) is 7.44. The SMILES string of the molecule is CC[NH+]1CCN(S(=O)(=O)c2ccc(S(=O)(=O)NC3CCCCC3)cc2)CC1. The van der Waals surface area contributed by atoms with Crippen molar-refractivity contribution in [1.82, 2.24) is 9.03 Å². The van der Waals surface area contributed by atoms with Gasteiger partial charge in [0.2, 0.25) is 20.0 Å². The van der Waals surface area contributed by atoms with E-state index in [1.807, 2.05) is 0 Å². The number of sulfonamides is 2. The van der Waals surface area contributed by atoms with Gasteiger partial charge in [-0.05, 0) is 44.0 Å². The lowest BCUT2D eigenvalue weighted by Crippen LogP contribution is -3.14. The fraction of sp³-hybridized carbons (Fsp3) is 0.667. The summed E-state index contributed by atoms with van der Waals surface area (Å²) in [4.78, 5) is 1.67. The van der Waals surface area contributed by atoms with Crippen LogP contribution in [0.15, 0.2) is 34.1 Å². The fourth-order valence-electron chi connectivity index (χ4n) is 3.84. The molecule has 3 rings (SSSR count). The molecule has 1 heterocycles. The average Bonchev–Trinajstić information content (AvgIpc) is 2.68. The number of hydrogen-bond acceptors (Lipinski definition) is 4. The minimum atomic E-state index is -3.62. The van der Waals surface area contributed by atoms with Gasteiger partial charge < -0.3 is 4.90 Å². The first-order chi connectivity index (χ1) is 12.8. The summed E-state index contributed by atoms with van der Waals surface area (Å²) in [7, 11) is -7.20. The monoisotopic (exact) mass is 416 g/mol. The van der Waals surface area contributed by atoms with E-state index in [0.29, 0.717) is 13.1 Å². The summed E-state index contributed by atoms with van der Waals surface area (Å²) in [6.45, 7) is 5.68. The Morgan fingerprint density at radius 3 is 2.07 bits per heavy atom. The average molecular weight is 417 g/mol. The van der Waals surface area contributed by atoms with Crippen LogP contribution in [-0.2, 0) is 20.0 Å². The Morgan fingerprint density at radius 2 is 1.52 bits per heavy atom. The molecule has 1 saturated heterocycles. The first-order valence-electron chi connectivity index (χ1n) is 9.79. The van der Waals surface area contributed by atoms with E-state index in [9.17, 15) is 16.8 Å². The molecule has 1 aromatic carbocycles. The zero-order valence-corrected chi connectivity index (χ0v) is 17.5. The van der Waals surface area contributed by atoms with Gasteiger partial charge in [0.15, 0.2) is 0 Å². The Labute approximate surface area is 162 Å². The maximum absolute atomic E-state index is 12.8. The van der Waals surface area contributed by atoms with Crippen molar-refractivity contribution < 1.29 is 21.7 Å². The van der Waals surface area contributed by atoms with Gasteiger partial charge in [-0.25, -0.2) is 21.6 Å². The van der Waals surface area contributed by atoms with Crippen molar-refractivity contribution in [2.45, 2.75) is 54.9 Å². The summed E-state index contributed by atoms with van der Waals surface area (Å²) >= 11 is 0. The van der Waals surface area contributed by atoms with Crippen molar-refractivity contribution >= 4 is 20.0 Å². The van der Waals surface area contributed by atoms with Gasteiger partial charge in [-0.1, -0.05) is 19.3 Å². The summed E-state index contributed by atoms with van der Waals surface area (Å²) in [6, 6.07) is 5.58. The van der Waals surface area contributed by atoms with E-state index in [0.717, 1.165) is 51.7 Å². The number of quaternary nitrogens is 1. The van der Waals surface area contributed by atoms with Crippen LogP contribution in [0.4, 0.5) is 0 Å². The third-order valence-corrected chi connectivity index (χ3v) is 9.08. The van der Waals surface area contributed by atoms with Crippen molar-refractivity contribution in [1.29, 1.82) is 0 Å². The van der Waals surface area contributed by atoms with Crippen LogP contribution in [0.2, 0.25) is 0 Å². The van der Waals surface area contributed by atoms with Crippen LogP contribution < -0.4 is 9.62 Å². The van der Waals surface area contributed by atoms with Gasteiger partial charge in [-0.15, -0.1) is 0 Å². The van der Waals surface area contributed by atoms with Crippen LogP contribution >= 0.6 is 0 Å². The Morgan fingerprint density at radius 1 is 0.963 bits per heavy atom. The van der Waals surface area contributed by atoms with Gasteiger partial charge in [0.1, 0.15) is 0 Å². The molecule has 0 spiro atoms. The number of piperazine rings is 1. The van der Waals surface area contributed by atoms with Crippen molar-refractivity contribution in [3.05, 3.63) is 24.3 Å². The highest BCUT2D eigenvalue weighted by Crippen LogP contribution is 2.22. The number of nitrogens with one attached hydrogen (secondary N) is 2. The quantitative estimate of drug-likeness (QED) is 0.694. The molecule has 7 nitrogen and oxygen atoms in total. The lowest BCUT2D eigenvalue weighted by Gasteiger charge is -2.30. The van der Waals surface area contributed by atoms with Crippen LogP contribution in [0.5, 0.6) is 0 Å². The highest BCUT2D eigenvalue weighted by molar-refractivity contribution is 7.89. The number of likely N-dealkylation sites (N-methyl/N-ethyl adjacent to an activating group) is 1. The Balaban J connectivity index is 1.70. The van der Waals surface area contributed by atoms with Crippen LogP contribution in [0, 0.1) is 0 Å². The van der Waals surface area contributed by atoms with E-state index in [-0.39, 0.29) is 15.8 Å². The summed E-state index contributed by atoms with van der Waals surface area (Å²) in [5.74, 6) is 0. The van der Waals surface area contributed by atoms with Crippen molar-refractivity contribution in [3.8, 4) is 0 Å². The van der Waals surface area contributed by atoms with Crippen LogP contribution in [0.1, 0.15) is 39.0 Å². The van der Waals surface area contributed by atoms with Crippen molar-refractivity contribution in [2.24, 2.45) is 0 Å². The molecule has 9 heteroatoms. The lowest BCUT2D eigenvalue weighted by atomic mass is 9.96. The molecule has 1 aliphatic carbocycles. The molecule has 0 atom stereocenters. The molecule has 1 aromatic rings. The van der Waals surface area contributed by atoms with Gasteiger partial charge in [-0.2, -0.15) is 4.31 Å². The highest BCUT2D eigenvalue weighted by Gasteiger charge is 2.30. The van der Waals surface area contributed by atoms with Gasteiger partial charge >= 0.3 is 0 Å². The summed E-state index contributed by atoms with van der Waals surface area (Å²) in [5, 5.41) is 0. The van der Waals surface area contributed by atoms with Crippen LogP contribution in [0.3, 0.4) is 0 Å². The van der Waals surface area contributed by atoms with Gasteiger partial charge in [-0.3, -0.25) is 0 Å². The molecule has 0 radical (unpaired) electrons. The van der Waals surface area contributed by atoms with E-state index < -0.39 is 20.0 Å². The predicted molar refractivity (Wildman–Crippen MR) is 104 cm³/mol. The smallest absolute Gasteiger partial charge is 0.243 e.